The molecule has 1 fully saturated rings. The third-order valence-corrected chi connectivity index (χ3v) is 4.82. The fourth-order valence-electron chi connectivity index (χ4n) is 2.96. The van der Waals surface area contributed by atoms with Gasteiger partial charge in [-0.3, -0.25) is 4.79 Å². The van der Waals surface area contributed by atoms with E-state index in [1.165, 1.54) is 0 Å². The van der Waals surface area contributed by atoms with Crippen molar-refractivity contribution in [2.24, 2.45) is 5.73 Å². The van der Waals surface area contributed by atoms with Crippen molar-refractivity contribution in [1.29, 1.82) is 0 Å². The molecule has 0 radical (unpaired) electrons. The quantitative estimate of drug-likeness (QED) is 0.581. The molecule has 0 atom stereocenters. The lowest BCUT2D eigenvalue weighted by atomic mass is 9.89. The van der Waals surface area contributed by atoms with Crippen LogP contribution in [0.1, 0.15) is 29.5 Å². The highest BCUT2D eigenvalue weighted by Crippen LogP contribution is 2.36. The van der Waals surface area contributed by atoms with E-state index in [0.29, 0.717) is 35.1 Å². The Morgan fingerprint density at radius 2 is 2.00 bits per heavy atom. The molecule has 0 aliphatic carbocycles. The third kappa shape index (κ3) is 3.42. The zero-order chi connectivity index (χ0) is 18.1. The van der Waals surface area contributed by atoms with Gasteiger partial charge in [-0.2, -0.15) is 0 Å². The lowest BCUT2D eigenvalue weighted by Crippen LogP contribution is -2.47. The molecule has 5 nitrogen and oxygen atoms in total. The Bertz CT molecular complexity index is 858. The number of anilines is 1. The summed E-state index contributed by atoms with van der Waals surface area (Å²) in [5, 5.41) is 10.5. The Balaban J connectivity index is 1.92. The van der Waals surface area contributed by atoms with Crippen LogP contribution in [0.15, 0.2) is 36.4 Å². The van der Waals surface area contributed by atoms with Gasteiger partial charge in [-0.05, 0) is 41.5 Å². The lowest BCUT2D eigenvalue weighted by molar-refractivity contribution is -0.133. The Labute approximate surface area is 151 Å². The smallest absolute Gasteiger partial charge is 0.219 e. The molecule has 1 amide bonds. The molecule has 3 rings (SSSR count). The van der Waals surface area contributed by atoms with Crippen molar-refractivity contribution in [3.05, 3.63) is 58.1 Å². The molecule has 0 spiro atoms. The minimum Gasteiger partial charge on any atom is -0.507 e. The summed E-state index contributed by atoms with van der Waals surface area (Å²) in [4.78, 5) is 13.1. The number of nitrogens with two attached hydrogens (primary N) is 2. The molecule has 1 aliphatic rings. The van der Waals surface area contributed by atoms with E-state index in [-0.39, 0.29) is 17.6 Å². The molecule has 0 bridgehead atoms. The number of nitrogen functional groups attached to an aromatic ring is 1. The van der Waals surface area contributed by atoms with E-state index in [2.05, 4.69) is 0 Å². The van der Waals surface area contributed by atoms with Gasteiger partial charge in [0, 0.05) is 47.9 Å². The maximum atomic E-state index is 11.4. The molecule has 1 heterocycles. The number of hydrogen-bond acceptors (Lipinski definition) is 4. The lowest BCUT2D eigenvalue weighted by Gasteiger charge is -2.39. The summed E-state index contributed by atoms with van der Waals surface area (Å²) in [7, 11) is 0. The predicted molar refractivity (Wildman–Crippen MR) is 101 cm³/mol. The first-order valence-electron chi connectivity index (χ1n) is 7.96. The van der Waals surface area contributed by atoms with E-state index < -0.39 is 0 Å². The van der Waals surface area contributed by atoms with Crippen LogP contribution in [-0.2, 0) is 4.79 Å². The average molecular weight is 358 g/mol. The topological polar surface area (TPSA) is 92.6 Å². The molecule has 130 valence electrons. The van der Waals surface area contributed by atoms with Gasteiger partial charge in [0.1, 0.15) is 5.75 Å². The largest absolute Gasteiger partial charge is 0.507 e. The maximum Gasteiger partial charge on any atom is 0.219 e. The van der Waals surface area contributed by atoms with Crippen LogP contribution in [0, 0.1) is 0 Å². The molecule has 5 N–H and O–H groups in total. The monoisotopic (exact) mass is 357 g/mol. The second-order valence-electron chi connectivity index (χ2n) is 6.24. The fraction of sp³-hybridized carbons (Fsp3) is 0.211. The van der Waals surface area contributed by atoms with Crippen LogP contribution in [0.25, 0.3) is 11.8 Å². The van der Waals surface area contributed by atoms with Crippen LogP contribution in [0.5, 0.6) is 5.75 Å². The normalized spacial score (nSPS) is 15.1. The number of carbonyl (C=O) groups excluding carboxylic acids is 1. The number of hydrogen-bond donors (Lipinski definition) is 3. The molecule has 0 unspecified atom stereocenters. The van der Waals surface area contributed by atoms with Gasteiger partial charge in [-0.15, -0.1) is 0 Å². The molecule has 1 aliphatic heterocycles. The summed E-state index contributed by atoms with van der Waals surface area (Å²) in [5.41, 5.74) is 15.4. The second-order valence-corrected chi connectivity index (χ2v) is 6.65. The van der Waals surface area contributed by atoms with Gasteiger partial charge >= 0.3 is 0 Å². The van der Waals surface area contributed by atoms with Crippen molar-refractivity contribution in [1.82, 2.24) is 4.90 Å². The van der Waals surface area contributed by atoms with Crippen LogP contribution < -0.4 is 11.5 Å². The van der Waals surface area contributed by atoms with E-state index in [1.807, 2.05) is 6.07 Å². The van der Waals surface area contributed by atoms with Crippen LogP contribution >= 0.6 is 11.6 Å². The minimum absolute atomic E-state index is 0.0618. The highest BCUT2D eigenvalue weighted by atomic mass is 35.5. The summed E-state index contributed by atoms with van der Waals surface area (Å²) in [5.74, 6) is 0.363. The van der Waals surface area contributed by atoms with Gasteiger partial charge in [0.25, 0.3) is 0 Å². The standard InChI is InChI=1S/C19H20ClN3O2/c1-11(24)23-9-13(10-23)15-6-12(17(21)8-16(15)20)7-18(22)14-4-2-3-5-19(14)25/h2-8,13,25H,9-10,21-22H2,1H3/b18-7-. The second kappa shape index (κ2) is 6.69. The van der Waals surface area contributed by atoms with Crippen molar-refractivity contribution >= 4 is 35.0 Å². The number of benzene rings is 2. The Morgan fingerprint density at radius 3 is 2.64 bits per heavy atom. The van der Waals surface area contributed by atoms with E-state index in [1.54, 1.807) is 48.2 Å². The number of nitrogens with zero attached hydrogens (tertiary/aromatic N) is 1. The molecular weight excluding hydrogens is 338 g/mol. The predicted octanol–water partition coefficient (Wildman–Crippen LogP) is 3.03. The Kier molecular flexibility index (Phi) is 4.59. The Hall–Kier alpha value is -2.66. The number of aromatic hydroxyl groups is 1. The van der Waals surface area contributed by atoms with Crippen molar-refractivity contribution in [3.8, 4) is 5.75 Å². The molecule has 25 heavy (non-hydrogen) atoms. The number of rotatable bonds is 3. The summed E-state index contributed by atoms with van der Waals surface area (Å²) in [6, 6.07) is 10.5. The number of likely N-dealkylation sites (tertiary alicyclic amines) is 1. The van der Waals surface area contributed by atoms with Crippen molar-refractivity contribution in [2.75, 3.05) is 18.8 Å². The molecule has 2 aromatic rings. The van der Waals surface area contributed by atoms with E-state index in [0.717, 1.165) is 11.1 Å². The number of phenolic OH excluding ortho intramolecular Hbond substituents is 1. The van der Waals surface area contributed by atoms with Crippen LogP contribution in [0.3, 0.4) is 0 Å². The minimum atomic E-state index is 0.0618. The van der Waals surface area contributed by atoms with Crippen molar-refractivity contribution in [3.63, 3.8) is 0 Å². The Morgan fingerprint density at radius 1 is 1.32 bits per heavy atom. The van der Waals surface area contributed by atoms with Crippen LogP contribution in [-0.4, -0.2) is 29.0 Å². The van der Waals surface area contributed by atoms with Gasteiger partial charge in [0.2, 0.25) is 5.91 Å². The van der Waals surface area contributed by atoms with Gasteiger partial charge in [0.15, 0.2) is 0 Å². The van der Waals surface area contributed by atoms with Gasteiger partial charge < -0.3 is 21.5 Å². The summed E-state index contributed by atoms with van der Waals surface area (Å²) in [6.07, 6.45) is 1.73. The molecular formula is C19H20ClN3O2. The summed E-state index contributed by atoms with van der Waals surface area (Å²) in [6.45, 7) is 2.86. The average Bonchev–Trinajstić information content (AvgIpc) is 2.50. The van der Waals surface area contributed by atoms with Gasteiger partial charge in [-0.25, -0.2) is 0 Å². The van der Waals surface area contributed by atoms with Crippen LogP contribution in [0.2, 0.25) is 5.02 Å². The van der Waals surface area contributed by atoms with Crippen LogP contribution in [0.4, 0.5) is 5.69 Å². The first-order valence-corrected chi connectivity index (χ1v) is 8.34. The molecule has 0 aromatic heterocycles. The molecule has 0 saturated carbocycles. The number of phenols is 1. The molecule has 2 aromatic carbocycles. The van der Waals surface area contributed by atoms with Crippen molar-refractivity contribution in [2.45, 2.75) is 12.8 Å². The number of carbonyl (C=O) groups is 1. The van der Waals surface area contributed by atoms with Gasteiger partial charge in [0.05, 0.1) is 0 Å². The molecule has 6 heteroatoms. The first-order chi connectivity index (χ1) is 11.9. The van der Waals surface area contributed by atoms with Crippen molar-refractivity contribution < 1.29 is 9.90 Å². The zero-order valence-corrected chi connectivity index (χ0v) is 14.6. The number of para-hydroxylation sites is 1. The number of halogens is 1. The summed E-state index contributed by atoms with van der Waals surface area (Å²) >= 11 is 6.34. The van der Waals surface area contributed by atoms with E-state index in [4.69, 9.17) is 23.1 Å². The SMILES string of the molecule is CC(=O)N1CC(c2cc(/C=C(\N)c3ccccc3O)c(N)cc2Cl)C1. The van der Waals surface area contributed by atoms with E-state index in [9.17, 15) is 9.90 Å². The molecule has 1 saturated heterocycles. The third-order valence-electron chi connectivity index (χ3n) is 4.50. The zero-order valence-electron chi connectivity index (χ0n) is 13.9. The van der Waals surface area contributed by atoms with E-state index >= 15 is 0 Å². The highest BCUT2D eigenvalue weighted by Gasteiger charge is 2.31. The highest BCUT2D eigenvalue weighted by molar-refractivity contribution is 6.31. The van der Waals surface area contributed by atoms with Gasteiger partial charge in [-0.1, -0.05) is 23.7 Å². The first kappa shape index (κ1) is 17.2. The maximum absolute atomic E-state index is 11.4. The number of amides is 1. The fourth-order valence-corrected chi connectivity index (χ4v) is 3.28. The summed E-state index contributed by atoms with van der Waals surface area (Å²) < 4.78 is 0.